The zero-order valence-corrected chi connectivity index (χ0v) is 22.4. The van der Waals surface area contributed by atoms with Gasteiger partial charge in [-0.15, -0.1) is 11.3 Å². The van der Waals surface area contributed by atoms with E-state index in [1.165, 1.54) is 38.2 Å². The number of ketones is 2. The number of aliphatic hydroxyl groups is 2. The third-order valence-electron chi connectivity index (χ3n) is 6.67. The number of aryl methyl sites for hydroxylation is 1. The molecule has 0 bridgehead atoms. The van der Waals surface area contributed by atoms with Gasteiger partial charge in [0.15, 0.2) is 5.78 Å². The Hall–Kier alpha value is -2.42. The Kier molecular flexibility index (Phi) is 9.89. The van der Waals surface area contributed by atoms with Crippen molar-refractivity contribution >= 4 is 34.9 Å². The normalized spacial score (nSPS) is 32.0. The number of hydrogen-bond acceptors (Lipinski definition) is 8. The van der Waals surface area contributed by atoms with Crippen molar-refractivity contribution in [3.63, 3.8) is 0 Å². The number of rotatable bonds is 2. The molecule has 0 saturated heterocycles. The van der Waals surface area contributed by atoms with Crippen molar-refractivity contribution in [1.29, 1.82) is 0 Å². The molecule has 1 aromatic rings. The quantitative estimate of drug-likeness (QED) is 0.581. The summed E-state index contributed by atoms with van der Waals surface area (Å²) in [4.78, 5) is 43.0. The fourth-order valence-electron chi connectivity index (χ4n) is 3.95. The van der Waals surface area contributed by atoms with E-state index >= 15 is 0 Å². The lowest BCUT2D eigenvalue weighted by Gasteiger charge is -2.34. The largest absolute Gasteiger partial charge is 0.457 e. The van der Waals surface area contributed by atoms with Gasteiger partial charge in [0, 0.05) is 23.6 Å². The number of allylic oxidation sites excluding steroid dienone is 3. The Morgan fingerprint density at radius 3 is 2.40 bits per heavy atom. The van der Waals surface area contributed by atoms with E-state index in [0.29, 0.717) is 6.42 Å². The molecule has 0 aliphatic carbocycles. The van der Waals surface area contributed by atoms with Gasteiger partial charge >= 0.3 is 5.97 Å². The standard InChI is InChI=1S/C27H37NO6S/c1-15-8-10-21(29)17(3)25(32)18(4)26(33)27(6,7)23(30)13-24(31)34-22(11-9-15)16(2)12-20-14-35-19(5)28-20/h8-10,12,14,17-18,22-23,25,30,32H,11,13H2,1-7H3/b10-8+,15-9-,16-12+/t17-,18-,22-,23-,25-/m0/s1. The van der Waals surface area contributed by atoms with Crippen LogP contribution in [-0.2, 0) is 19.1 Å². The number of ether oxygens (including phenoxy) is 1. The Bertz CT molecular complexity index is 1030. The molecule has 8 heteroatoms. The third-order valence-corrected chi connectivity index (χ3v) is 7.47. The van der Waals surface area contributed by atoms with Crippen molar-refractivity contribution in [2.45, 2.75) is 79.6 Å². The van der Waals surface area contributed by atoms with E-state index in [2.05, 4.69) is 4.98 Å². The highest BCUT2D eigenvalue weighted by atomic mass is 32.1. The molecule has 2 N–H and O–H groups in total. The van der Waals surface area contributed by atoms with Gasteiger partial charge in [-0.3, -0.25) is 14.4 Å². The number of esters is 1. The summed E-state index contributed by atoms with van der Waals surface area (Å²) in [6.07, 6.45) is 3.60. The van der Waals surface area contributed by atoms with Crippen molar-refractivity contribution < 1.29 is 29.3 Å². The summed E-state index contributed by atoms with van der Waals surface area (Å²) in [6.45, 7) is 11.8. The molecule has 0 spiro atoms. The van der Waals surface area contributed by atoms with Gasteiger partial charge in [-0.2, -0.15) is 0 Å². The number of Topliss-reactive ketones (excluding diaryl/α,β-unsaturated/α-hetero) is 1. The number of aliphatic hydroxyl groups excluding tert-OH is 2. The first kappa shape index (κ1) is 28.8. The Balaban J connectivity index is 2.43. The minimum atomic E-state index is -1.33. The fourth-order valence-corrected chi connectivity index (χ4v) is 4.52. The Labute approximate surface area is 211 Å². The maximum Gasteiger partial charge on any atom is 0.309 e. The summed E-state index contributed by atoms with van der Waals surface area (Å²) in [5.41, 5.74) is 1.01. The van der Waals surface area contributed by atoms with E-state index in [9.17, 15) is 24.6 Å². The molecule has 0 aromatic carbocycles. The highest BCUT2D eigenvalue weighted by Crippen LogP contribution is 2.31. The fraction of sp³-hybridized carbons (Fsp3) is 0.556. The third kappa shape index (κ3) is 7.53. The van der Waals surface area contributed by atoms with Crippen molar-refractivity contribution in [2.75, 3.05) is 0 Å². The lowest BCUT2D eigenvalue weighted by atomic mass is 9.73. The Morgan fingerprint density at radius 1 is 1.14 bits per heavy atom. The average molecular weight is 504 g/mol. The van der Waals surface area contributed by atoms with Crippen LogP contribution in [0.4, 0.5) is 0 Å². The van der Waals surface area contributed by atoms with Crippen LogP contribution in [0.25, 0.3) is 6.08 Å². The van der Waals surface area contributed by atoms with E-state index in [4.69, 9.17) is 4.74 Å². The second-order valence-electron chi connectivity index (χ2n) is 9.95. The van der Waals surface area contributed by atoms with Crippen LogP contribution in [0.15, 0.2) is 34.8 Å². The molecule has 0 unspecified atom stereocenters. The van der Waals surface area contributed by atoms with Crippen molar-refractivity contribution in [3.05, 3.63) is 45.5 Å². The molecule has 2 rings (SSSR count). The molecule has 2 heterocycles. The summed E-state index contributed by atoms with van der Waals surface area (Å²) in [7, 11) is 0. The molecule has 5 atom stereocenters. The molecule has 0 radical (unpaired) electrons. The monoisotopic (exact) mass is 503 g/mol. The number of cyclic esters (lactones) is 1. The van der Waals surface area contributed by atoms with Crippen LogP contribution < -0.4 is 0 Å². The second-order valence-corrected chi connectivity index (χ2v) is 11.0. The maximum atomic E-state index is 13.1. The van der Waals surface area contributed by atoms with E-state index in [1.807, 2.05) is 38.3 Å². The van der Waals surface area contributed by atoms with E-state index < -0.39 is 47.3 Å². The molecule has 7 nitrogen and oxygen atoms in total. The second kappa shape index (κ2) is 12.0. The number of carbonyl (C=O) groups is 3. The van der Waals surface area contributed by atoms with Crippen LogP contribution in [0, 0.1) is 24.2 Å². The summed E-state index contributed by atoms with van der Waals surface area (Å²) < 4.78 is 5.74. The van der Waals surface area contributed by atoms with Crippen LogP contribution >= 0.6 is 11.3 Å². The zero-order valence-electron chi connectivity index (χ0n) is 21.6. The van der Waals surface area contributed by atoms with Crippen LogP contribution in [0.2, 0.25) is 0 Å². The topological polar surface area (TPSA) is 114 Å². The van der Waals surface area contributed by atoms with Crippen molar-refractivity contribution in [1.82, 2.24) is 4.98 Å². The van der Waals surface area contributed by atoms with Gasteiger partial charge in [-0.1, -0.05) is 45.4 Å². The number of nitrogens with zero attached hydrogens (tertiary/aromatic N) is 1. The number of hydrogen-bond donors (Lipinski definition) is 2. The van der Waals surface area contributed by atoms with Crippen LogP contribution in [0.3, 0.4) is 0 Å². The lowest BCUT2D eigenvalue weighted by molar-refractivity contribution is -0.154. The first-order chi connectivity index (χ1) is 16.2. The predicted octanol–water partition coefficient (Wildman–Crippen LogP) is 4.22. The number of thiazole rings is 1. The van der Waals surface area contributed by atoms with Crippen LogP contribution in [-0.4, -0.2) is 51.0 Å². The average Bonchev–Trinajstić information content (AvgIpc) is 3.21. The highest BCUT2D eigenvalue weighted by Gasteiger charge is 2.43. The molecule has 1 aromatic heterocycles. The molecule has 35 heavy (non-hydrogen) atoms. The SMILES string of the molecule is CC1=C/C[C@@H](/C(C)=C/c2csc(C)n2)OC(=O)C[C@H](O)C(C)(C)C(=O)[C@@H](C)[C@@H](O)[C@@H](C)C(=O)\C=C\1. The highest BCUT2D eigenvalue weighted by molar-refractivity contribution is 7.09. The van der Waals surface area contributed by atoms with Gasteiger partial charge in [0.1, 0.15) is 11.9 Å². The van der Waals surface area contributed by atoms with Gasteiger partial charge in [-0.05, 0) is 38.5 Å². The van der Waals surface area contributed by atoms with Crippen LogP contribution in [0.5, 0.6) is 0 Å². The number of aromatic nitrogens is 1. The molecule has 0 amide bonds. The lowest BCUT2D eigenvalue weighted by Crippen LogP contribution is -2.46. The van der Waals surface area contributed by atoms with Gasteiger partial charge in [0.25, 0.3) is 0 Å². The summed E-state index contributed by atoms with van der Waals surface area (Å²) >= 11 is 1.52. The minimum Gasteiger partial charge on any atom is -0.457 e. The summed E-state index contributed by atoms with van der Waals surface area (Å²) in [6, 6.07) is 0. The van der Waals surface area contributed by atoms with Gasteiger partial charge in [-0.25, -0.2) is 4.98 Å². The van der Waals surface area contributed by atoms with E-state index in [-0.39, 0.29) is 12.2 Å². The summed E-state index contributed by atoms with van der Waals surface area (Å²) in [5, 5.41) is 24.3. The minimum absolute atomic E-state index is 0.298. The van der Waals surface area contributed by atoms with Gasteiger partial charge in [0.05, 0.1) is 34.7 Å². The molecule has 192 valence electrons. The van der Waals surface area contributed by atoms with Gasteiger partial charge < -0.3 is 14.9 Å². The molecule has 0 saturated carbocycles. The summed E-state index contributed by atoms with van der Waals surface area (Å²) in [5.74, 6) is -3.07. The molecule has 1 aliphatic heterocycles. The first-order valence-electron chi connectivity index (χ1n) is 11.8. The van der Waals surface area contributed by atoms with Gasteiger partial charge in [0.2, 0.25) is 0 Å². The van der Waals surface area contributed by atoms with E-state index in [0.717, 1.165) is 21.8 Å². The molecule has 0 fully saturated rings. The van der Waals surface area contributed by atoms with Crippen molar-refractivity contribution in [3.8, 4) is 0 Å². The molecular weight excluding hydrogens is 466 g/mol. The van der Waals surface area contributed by atoms with Crippen LogP contribution in [0.1, 0.15) is 65.1 Å². The predicted molar refractivity (Wildman–Crippen MR) is 137 cm³/mol. The first-order valence-corrected chi connectivity index (χ1v) is 12.7. The Morgan fingerprint density at radius 2 is 1.80 bits per heavy atom. The molecular formula is C27H37NO6S. The number of carbonyl (C=O) groups excluding carboxylic acids is 3. The zero-order chi connectivity index (χ0) is 26.5. The maximum absolute atomic E-state index is 13.1. The molecule has 1 aliphatic rings. The van der Waals surface area contributed by atoms with E-state index in [1.54, 1.807) is 13.0 Å². The smallest absolute Gasteiger partial charge is 0.309 e. The van der Waals surface area contributed by atoms with Crippen molar-refractivity contribution in [2.24, 2.45) is 17.3 Å².